The first kappa shape index (κ1) is 16.3. The van der Waals surface area contributed by atoms with Crippen molar-refractivity contribution in [1.82, 2.24) is 0 Å². The fourth-order valence-electron chi connectivity index (χ4n) is 2.21. The Morgan fingerprint density at radius 2 is 1.95 bits per heavy atom. The van der Waals surface area contributed by atoms with Crippen LogP contribution in [0.25, 0.3) is 0 Å². The van der Waals surface area contributed by atoms with Crippen molar-refractivity contribution in [3.05, 3.63) is 23.8 Å². The number of ether oxygens (including phenoxy) is 2. The Kier molecular flexibility index (Phi) is 5.39. The van der Waals surface area contributed by atoms with E-state index in [4.69, 9.17) is 14.6 Å². The minimum atomic E-state index is -0.871. The molecule has 1 atom stereocenters. The third-order valence-corrected chi connectivity index (χ3v) is 3.18. The van der Waals surface area contributed by atoms with Crippen LogP contribution in [0.5, 0.6) is 11.5 Å². The Bertz CT molecular complexity index is 467. The number of carboxylic acid groups (broad SMARTS) is 1. The molecule has 0 spiro atoms. The van der Waals surface area contributed by atoms with Crippen molar-refractivity contribution in [2.24, 2.45) is 5.41 Å². The molecule has 1 aromatic rings. The lowest BCUT2D eigenvalue weighted by atomic mass is 9.81. The molecule has 5 heteroatoms. The zero-order valence-corrected chi connectivity index (χ0v) is 12.3. The maximum Gasteiger partial charge on any atom is 0.303 e. The first-order valence-electron chi connectivity index (χ1n) is 6.41. The maximum atomic E-state index is 10.8. The number of aliphatic hydroxyl groups excluding tert-OH is 1. The third kappa shape index (κ3) is 4.42. The molecule has 0 amide bonds. The van der Waals surface area contributed by atoms with Crippen LogP contribution in [0.3, 0.4) is 0 Å². The van der Waals surface area contributed by atoms with Crippen LogP contribution in [-0.2, 0) is 4.79 Å². The average Bonchev–Trinajstić information content (AvgIpc) is 2.35. The molecule has 0 aliphatic heterocycles. The topological polar surface area (TPSA) is 76.0 Å². The molecule has 20 heavy (non-hydrogen) atoms. The van der Waals surface area contributed by atoms with Crippen LogP contribution in [0, 0.1) is 5.41 Å². The lowest BCUT2D eigenvalue weighted by molar-refractivity contribution is -0.139. The molecule has 0 aliphatic carbocycles. The van der Waals surface area contributed by atoms with E-state index in [1.165, 1.54) is 7.11 Å². The van der Waals surface area contributed by atoms with Crippen molar-refractivity contribution >= 4 is 5.97 Å². The van der Waals surface area contributed by atoms with Gasteiger partial charge >= 0.3 is 5.97 Å². The number of aliphatic hydroxyl groups is 1. The number of carbonyl (C=O) groups is 1. The summed E-state index contributed by atoms with van der Waals surface area (Å²) in [5, 5.41) is 19.2. The second-order valence-electron chi connectivity index (χ2n) is 5.56. The van der Waals surface area contributed by atoms with Gasteiger partial charge in [-0.05, 0) is 24.0 Å². The van der Waals surface area contributed by atoms with Gasteiger partial charge in [-0.25, -0.2) is 0 Å². The van der Waals surface area contributed by atoms with Crippen molar-refractivity contribution in [2.75, 3.05) is 14.2 Å². The molecule has 112 valence electrons. The monoisotopic (exact) mass is 282 g/mol. The van der Waals surface area contributed by atoms with Gasteiger partial charge in [0.05, 0.1) is 26.7 Å². The molecule has 0 heterocycles. The summed E-state index contributed by atoms with van der Waals surface area (Å²) in [6, 6.07) is 5.17. The Morgan fingerprint density at radius 1 is 1.30 bits per heavy atom. The number of carboxylic acids is 1. The Labute approximate surface area is 119 Å². The van der Waals surface area contributed by atoms with Gasteiger partial charge in [0, 0.05) is 11.6 Å². The first-order valence-corrected chi connectivity index (χ1v) is 6.41. The van der Waals surface area contributed by atoms with E-state index >= 15 is 0 Å². The molecule has 5 nitrogen and oxygen atoms in total. The Morgan fingerprint density at radius 3 is 2.45 bits per heavy atom. The SMILES string of the molecule is COc1ccc(C(O)CC(C)(C)CC(=O)O)c(OC)c1. The van der Waals surface area contributed by atoms with Gasteiger partial charge in [0.2, 0.25) is 0 Å². The molecule has 0 radical (unpaired) electrons. The summed E-state index contributed by atoms with van der Waals surface area (Å²) in [6.07, 6.45) is -0.449. The molecule has 0 fully saturated rings. The van der Waals surface area contributed by atoms with E-state index in [2.05, 4.69) is 0 Å². The van der Waals surface area contributed by atoms with Crippen LogP contribution >= 0.6 is 0 Å². The summed E-state index contributed by atoms with van der Waals surface area (Å²) in [5.74, 6) is 0.300. The van der Waals surface area contributed by atoms with Crippen LogP contribution < -0.4 is 9.47 Å². The van der Waals surface area contributed by atoms with Gasteiger partial charge in [-0.3, -0.25) is 4.79 Å². The highest BCUT2D eigenvalue weighted by molar-refractivity contribution is 5.67. The van der Waals surface area contributed by atoms with Gasteiger partial charge in [0.1, 0.15) is 11.5 Å². The lowest BCUT2D eigenvalue weighted by Gasteiger charge is -2.26. The van der Waals surface area contributed by atoms with Crippen LogP contribution in [0.2, 0.25) is 0 Å². The van der Waals surface area contributed by atoms with E-state index < -0.39 is 17.5 Å². The first-order chi connectivity index (χ1) is 9.29. The molecule has 1 rings (SSSR count). The number of aliphatic carboxylic acids is 1. The smallest absolute Gasteiger partial charge is 0.303 e. The summed E-state index contributed by atoms with van der Waals surface area (Å²) < 4.78 is 10.4. The molecule has 0 aliphatic rings. The summed E-state index contributed by atoms with van der Waals surface area (Å²) in [5.41, 5.74) is 0.127. The predicted octanol–water partition coefficient (Wildman–Crippen LogP) is 2.63. The fraction of sp³-hybridized carbons (Fsp3) is 0.533. The minimum Gasteiger partial charge on any atom is -0.497 e. The molecular formula is C15H22O5. The van der Waals surface area contributed by atoms with Crippen molar-refractivity contribution < 1.29 is 24.5 Å². The van der Waals surface area contributed by atoms with Crippen LogP contribution in [0.15, 0.2) is 18.2 Å². The summed E-state index contributed by atoms with van der Waals surface area (Å²) in [7, 11) is 3.08. The highest BCUT2D eigenvalue weighted by atomic mass is 16.5. The molecule has 0 aromatic heterocycles. The van der Waals surface area contributed by atoms with Crippen molar-refractivity contribution in [3.63, 3.8) is 0 Å². The van der Waals surface area contributed by atoms with Gasteiger partial charge < -0.3 is 19.7 Å². The summed E-state index contributed by atoms with van der Waals surface area (Å²) >= 11 is 0. The second-order valence-corrected chi connectivity index (χ2v) is 5.56. The van der Waals surface area contributed by atoms with Crippen molar-refractivity contribution in [2.45, 2.75) is 32.8 Å². The van der Waals surface area contributed by atoms with E-state index in [0.717, 1.165) is 0 Å². The molecule has 0 saturated carbocycles. The number of rotatable bonds is 7. The van der Waals surface area contributed by atoms with Crippen LogP contribution in [0.4, 0.5) is 0 Å². The Hall–Kier alpha value is -1.75. The molecule has 1 aromatic carbocycles. The van der Waals surface area contributed by atoms with Crippen molar-refractivity contribution in [1.29, 1.82) is 0 Å². The molecule has 2 N–H and O–H groups in total. The zero-order chi connectivity index (χ0) is 15.3. The number of benzene rings is 1. The fourth-order valence-corrected chi connectivity index (χ4v) is 2.21. The molecule has 0 bridgehead atoms. The number of hydrogen-bond acceptors (Lipinski definition) is 4. The minimum absolute atomic E-state index is 0.00251. The standard InChI is InChI=1S/C15H22O5/c1-15(2,9-14(17)18)8-12(16)11-6-5-10(19-3)7-13(11)20-4/h5-7,12,16H,8-9H2,1-4H3,(H,17,18). The third-order valence-electron chi connectivity index (χ3n) is 3.18. The lowest BCUT2D eigenvalue weighted by Crippen LogP contribution is -2.20. The van der Waals surface area contributed by atoms with Gasteiger partial charge in [-0.15, -0.1) is 0 Å². The second kappa shape index (κ2) is 6.61. The van der Waals surface area contributed by atoms with Crippen LogP contribution in [-0.4, -0.2) is 30.4 Å². The molecule has 0 saturated heterocycles. The summed E-state index contributed by atoms with van der Waals surface area (Å²) in [6.45, 7) is 3.64. The highest BCUT2D eigenvalue weighted by Crippen LogP contribution is 2.37. The molecular weight excluding hydrogens is 260 g/mol. The van der Waals surface area contributed by atoms with Gasteiger partial charge in [0.15, 0.2) is 0 Å². The van der Waals surface area contributed by atoms with E-state index in [1.807, 2.05) is 13.8 Å². The van der Waals surface area contributed by atoms with E-state index in [9.17, 15) is 9.90 Å². The number of methoxy groups -OCH3 is 2. The largest absolute Gasteiger partial charge is 0.497 e. The van der Waals surface area contributed by atoms with Gasteiger partial charge in [0.25, 0.3) is 0 Å². The molecule has 1 unspecified atom stereocenters. The Balaban J connectivity index is 2.91. The van der Waals surface area contributed by atoms with E-state index in [0.29, 0.717) is 23.5 Å². The number of hydrogen-bond donors (Lipinski definition) is 2. The van der Waals surface area contributed by atoms with E-state index in [-0.39, 0.29) is 6.42 Å². The maximum absolute atomic E-state index is 10.8. The summed E-state index contributed by atoms with van der Waals surface area (Å²) in [4.78, 5) is 10.8. The van der Waals surface area contributed by atoms with Crippen LogP contribution in [0.1, 0.15) is 38.4 Å². The van der Waals surface area contributed by atoms with Gasteiger partial charge in [-0.1, -0.05) is 13.8 Å². The highest BCUT2D eigenvalue weighted by Gasteiger charge is 2.27. The average molecular weight is 282 g/mol. The quantitative estimate of drug-likeness (QED) is 0.804. The zero-order valence-electron chi connectivity index (χ0n) is 12.3. The predicted molar refractivity (Wildman–Crippen MR) is 75.2 cm³/mol. The van der Waals surface area contributed by atoms with Crippen molar-refractivity contribution in [3.8, 4) is 11.5 Å². The van der Waals surface area contributed by atoms with Gasteiger partial charge in [-0.2, -0.15) is 0 Å². The normalized spacial score (nSPS) is 12.8. The van der Waals surface area contributed by atoms with E-state index in [1.54, 1.807) is 25.3 Å².